The molecule has 0 aromatic heterocycles. The highest BCUT2D eigenvalue weighted by molar-refractivity contribution is 5.88. The molecule has 0 unspecified atom stereocenters. The SMILES string of the molecule is C=CCNC(=O)[C@@H](Cc1ccccc1)N(Cc1ccc(OC)cc1)C(=O)C(C)C. The van der Waals surface area contributed by atoms with Crippen LogP contribution in [0, 0.1) is 5.92 Å². The fourth-order valence-electron chi connectivity index (χ4n) is 3.07. The number of ether oxygens (including phenoxy) is 1. The maximum absolute atomic E-state index is 13.1. The van der Waals surface area contributed by atoms with E-state index in [1.165, 1.54) is 0 Å². The van der Waals surface area contributed by atoms with Crippen LogP contribution in [0.5, 0.6) is 5.75 Å². The molecule has 2 aromatic carbocycles. The molecule has 0 fully saturated rings. The van der Waals surface area contributed by atoms with Gasteiger partial charge in [0.05, 0.1) is 7.11 Å². The molecule has 154 valence electrons. The molecule has 0 aliphatic carbocycles. The van der Waals surface area contributed by atoms with E-state index in [0.29, 0.717) is 19.5 Å². The van der Waals surface area contributed by atoms with E-state index in [2.05, 4.69) is 11.9 Å². The topological polar surface area (TPSA) is 58.6 Å². The standard InChI is InChI=1S/C24H30N2O3/c1-5-15-25-23(27)22(16-19-9-7-6-8-10-19)26(24(28)18(2)3)17-20-11-13-21(29-4)14-12-20/h5-14,18,22H,1,15-17H2,2-4H3,(H,25,27)/t22-/m1/s1. The monoisotopic (exact) mass is 394 g/mol. The van der Waals surface area contributed by atoms with Crippen LogP contribution in [0.2, 0.25) is 0 Å². The molecule has 29 heavy (non-hydrogen) atoms. The molecule has 5 heteroatoms. The first-order valence-electron chi connectivity index (χ1n) is 9.82. The van der Waals surface area contributed by atoms with Gasteiger partial charge in [-0.2, -0.15) is 0 Å². The van der Waals surface area contributed by atoms with Gasteiger partial charge in [0.1, 0.15) is 11.8 Å². The molecular formula is C24H30N2O3. The Morgan fingerprint density at radius 2 is 1.72 bits per heavy atom. The van der Waals surface area contributed by atoms with Gasteiger partial charge in [0.25, 0.3) is 0 Å². The van der Waals surface area contributed by atoms with Crippen LogP contribution in [0.25, 0.3) is 0 Å². The van der Waals surface area contributed by atoms with Gasteiger partial charge in [-0.1, -0.05) is 62.4 Å². The van der Waals surface area contributed by atoms with Crippen LogP contribution in [-0.2, 0) is 22.6 Å². The first-order valence-corrected chi connectivity index (χ1v) is 9.82. The number of nitrogens with zero attached hydrogens (tertiary/aromatic N) is 1. The molecule has 2 aromatic rings. The Kier molecular flexibility index (Phi) is 8.46. The molecule has 0 bridgehead atoms. The summed E-state index contributed by atoms with van der Waals surface area (Å²) in [6.45, 7) is 8.07. The summed E-state index contributed by atoms with van der Waals surface area (Å²) in [5.74, 6) is 0.283. The third-order valence-corrected chi connectivity index (χ3v) is 4.66. The van der Waals surface area contributed by atoms with Gasteiger partial charge in [-0.05, 0) is 23.3 Å². The van der Waals surface area contributed by atoms with Gasteiger partial charge in [-0.15, -0.1) is 6.58 Å². The minimum absolute atomic E-state index is 0.0597. The van der Waals surface area contributed by atoms with Gasteiger partial charge < -0.3 is 15.0 Å². The third-order valence-electron chi connectivity index (χ3n) is 4.66. The Hall–Kier alpha value is -3.08. The summed E-state index contributed by atoms with van der Waals surface area (Å²) in [6, 6.07) is 16.7. The van der Waals surface area contributed by atoms with Gasteiger partial charge in [0.15, 0.2) is 0 Å². The highest BCUT2D eigenvalue weighted by Crippen LogP contribution is 2.19. The lowest BCUT2D eigenvalue weighted by molar-refractivity contribution is -0.143. The van der Waals surface area contributed by atoms with Crippen molar-refractivity contribution in [1.82, 2.24) is 10.2 Å². The summed E-state index contributed by atoms with van der Waals surface area (Å²) in [6.07, 6.45) is 2.08. The number of hydrogen-bond acceptors (Lipinski definition) is 3. The Bertz CT molecular complexity index is 801. The Labute approximate surface area is 173 Å². The normalized spacial score (nSPS) is 11.6. The molecule has 0 aliphatic heterocycles. The minimum atomic E-state index is -0.616. The number of amides is 2. The lowest BCUT2D eigenvalue weighted by atomic mass is 10.0. The van der Waals surface area contributed by atoms with Crippen molar-refractivity contribution in [2.75, 3.05) is 13.7 Å². The van der Waals surface area contributed by atoms with Crippen molar-refractivity contribution < 1.29 is 14.3 Å². The van der Waals surface area contributed by atoms with Crippen LogP contribution < -0.4 is 10.1 Å². The van der Waals surface area contributed by atoms with E-state index < -0.39 is 6.04 Å². The van der Waals surface area contributed by atoms with Gasteiger partial charge in [0.2, 0.25) is 11.8 Å². The first kappa shape index (κ1) is 22.2. The van der Waals surface area contributed by atoms with Gasteiger partial charge in [0, 0.05) is 25.4 Å². The molecule has 0 saturated carbocycles. The molecule has 1 N–H and O–H groups in total. The summed E-state index contributed by atoms with van der Waals surface area (Å²) in [7, 11) is 1.61. The van der Waals surface area contributed by atoms with Gasteiger partial charge in [-0.25, -0.2) is 0 Å². The zero-order chi connectivity index (χ0) is 21.2. The molecule has 1 atom stereocenters. The molecular weight excluding hydrogens is 364 g/mol. The molecule has 0 saturated heterocycles. The molecule has 0 aliphatic rings. The van der Waals surface area contributed by atoms with E-state index in [4.69, 9.17) is 4.74 Å². The minimum Gasteiger partial charge on any atom is -0.497 e. The van der Waals surface area contributed by atoms with Gasteiger partial charge >= 0.3 is 0 Å². The maximum atomic E-state index is 13.1. The summed E-state index contributed by atoms with van der Waals surface area (Å²) in [5, 5.41) is 2.86. The number of rotatable bonds is 10. The van der Waals surface area contributed by atoms with Crippen LogP contribution in [0.4, 0.5) is 0 Å². The van der Waals surface area contributed by atoms with Crippen molar-refractivity contribution in [1.29, 1.82) is 0 Å². The summed E-state index contributed by atoms with van der Waals surface area (Å²) < 4.78 is 5.21. The van der Waals surface area contributed by atoms with Crippen LogP contribution in [0.1, 0.15) is 25.0 Å². The van der Waals surface area contributed by atoms with Crippen LogP contribution >= 0.6 is 0 Å². The number of hydrogen-bond donors (Lipinski definition) is 1. The predicted molar refractivity (Wildman–Crippen MR) is 116 cm³/mol. The average molecular weight is 395 g/mol. The molecule has 0 heterocycles. The van der Waals surface area contributed by atoms with Crippen molar-refractivity contribution in [3.63, 3.8) is 0 Å². The second kappa shape index (κ2) is 11.1. The number of nitrogens with one attached hydrogen (secondary N) is 1. The zero-order valence-electron chi connectivity index (χ0n) is 17.4. The number of methoxy groups -OCH3 is 1. The molecule has 2 rings (SSSR count). The van der Waals surface area contributed by atoms with E-state index >= 15 is 0 Å². The molecule has 0 radical (unpaired) electrons. The van der Waals surface area contributed by atoms with Crippen LogP contribution in [0.3, 0.4) is 0 Å². The van der Waals surface area contributed by atoms with E-state index in [-0.39, 0.29) is 17.7 Å². The Morgan fingerprint density at radius 3 is 2.28 bits per heavy atom. The number of carbonyl (C=O) groups excluding carboxylic acids is 2. The Morgan fingerprint density at radius 1 is 1.07 bits per heavy atom. The van der Waals surface area contributed by atoms with Crippen molar-refractivity contribution in [2.24, 2.45) is 5.92 Å². The van der Waals surface area contributed by atoms with E-state index in [9.17, 15) is 9.59 Å². The van der Waals surface area contributed by atoms with Crippen LogP contribution in [-0.4, -0.2) is 36.4 Å². The molecule has 2 amide bonds. The first-order chi connectivity index (χ1) is 14.0. The second-order valence-corrected chi connectivity index (χ2v) is 7.21. The lowest BCUT2D eigenvalue weighted by Gasteiger charge is -2.32. The summed E-state index contributed by atoms with van der Waals surface area (Å²) >= 11 is 0. The fourth-order valence-corrected chi connectivity index (χ4v) is 3.07. The van der Waals surface area contributed by atoms with Crippen molar-refractivity contribution in [2.45, 2.75) is 32.9 Å². The third kappa shape index (κ3) is 6.49. The highest BCUT2D eigenvalue weighted by atomic mass is 16.5. The van der Waals surface area contributed by atoms with Crippen LogP contribution in [0.15, 0.2) is 67.3 Å². The van der Waals surface area contributed by atoms with Crippen molar-refractivity contribution >= 4 is 11.8 Å². The number of benzene rings is 2. The largest absolute Gasteiger partial charge is 0.497 e. The van der Waals surface area contributed by atoms with E-state index in [1.54, 1.807) is 18.1 Å². The zero-order valence-corrected chi connectivity index (χ0v) is 17.4. The number of carbonyl (C=O) groups is 2. The van der Waals surface area contributed by atoms with Gasteiger partial charge in [-0.3, -0.25) is 9.59 Å². The maximum Gasteiger partial charge on any atom is 0.243 e. The van der Waals surface area contributed by atoms with Crippen molar-refractivity contribution in [3.8, 4) is 5.75 Å². The molecule has 0 spiro atoms. The predicted octanol–water partition coefficient (Wildman–Crippen LogP) is 3.59. The smallest absolute Gasteiger partial charge is 0.243 e. The summed E-state index contributed by atoms with van der Waals surface area (Å²) in [4.78, 5) is 27.8. The second-order valence-electron chi connectivity index (χ2n) is 7.21. The molecule has 5 nitrogen and oxygen atoms in total. The fraction of sp³-hybridized carbons (Fsp3) is 0.333. The average Bonchev–Trinajstić information content (AvgIpc) is 2.75. The highest BCUT2D eigenvalue weighted by Gasteiger charge is 2.31. The lowest BCUT2D eigenvalue weighted by Crippen LogP contribution is -2.51. The van der Waals surface area contributed by atoms with E-state index in [0.717, 1.165) is 16.9 Å². The van der Waals surface area contributed by atoms with Crippen molar-refractivity contribution in [3.05, 3.63) is 78.4 Å². The Balaban J connectivity index is 2.36. The summed E-state index contributed by atoms with van der Waals surface area (Å²) in [5.41, 5.74) is 1.94. The quantitative estimate of drug-likeness (QED) is 0.627. The van der Waals surface area contributed by atoms with E-state index in [1.807, 2.05) is 68.4 Å².